The standard InChI is InChI=1S/C26H30ClFN2O6/c1-34-14-17-4-2-3-5-21(17)36-16-23(32)29-25-8-10-26(11-9-25,22(31)13-25)30-24(33)15-35-18-6-7-19(27)20(28)12-18/h2-7,12,22,31H,8-11,13-16H2,1H3,(H,29,32)(H,30,33)/t22-,25?,26?/m0/s1. The Labute approximate surface area is 214 Å². The van der Waals surface area contributed by atoms with Crippen LogP contribution in [0.4, 0.5) is 4.39 Å². The smallest absolute Gasteiger partial charge is 0.258 e. The van der Waals surface area contributed by atoms with Gasteiger partial charge in [0.25, 0.3) is 11.8 Å². The monoisotopic (exact) mass is 520 g/mol. The van der Waals surface area contributed by atoms with E-state index in [1.54, 1.807) is 13.2 Å². The highest BCUT2D eigenvalue weighted by molar-refractivity contribution is 6.30. The summed E-state index contributed by atoms with van der Waals surface area (Å²) in [5.74, 6) is -0.538. The molecule has 0 radical (unpaired) electrons. The van der Waals surface area contributed by atoms with Crippen LogP contribution < -0.4 is 20.1 Å². The van der Waals surface area contributed by atoms with Crippen molar-refractivity contribution in [3.05, 3.63) is 58.9 Å². The van der Waals surface area contributed by atoms with E-state index in [1.165, 1.54) is 12.1 Å². The Bertz CT molecular complexity index is 1110. The lowest BCUT2D eigenvalue weighted by Crippen LogP contribution is -2.70. The van der Waals surface area contributed by atoms with Gasteiger partial charge >= 0.3 is 0 Å². The van der Waals surface area contributed by atoms with E-state index in [4.69, 9.17) is 25.8 Å². The summed E-state index contributed by atoms with van der Waals surface area (Å²) in [6.07, 6.45) is 1.73. The fraction of sp³-hybridized carbons (Fsp3) is 0.462. The second-order valence-electron chi connectivity index (χ2n) is 9.45. The maximum Gasteiger partial charge on any atom is 0.258 e. The molecule has 0 saturated heterocycles. The molecule has 0 spiro atoms. The number of hydrogen-bond acceptors (Lipinski definition) is 6. The first-order chi connectivity index (χ1) is 17.2. The summed E-state index contributed by atoms with van der Waals surface area (Å²) in [5, 5.41) is 16.9. The second-order valence-corrected chi connectivity index (χ2v) is 9.85. The van der Waals surface area contributed by atoms with Crippen LogP contribution in [0.25, 0.3) is 0 Å². The van der Waals surface area contributed by atoms with E-state index >= 15 is 0 Å². The van der Waals surface area contributed by atoms with Gasteiger partial charge in [0.05, 0.1) is 23.3 Å². The number of aliphatic hydroxyl groups is 1. The van der Waals surface area contributed by atoms with Gasteiger partial charge in [-0.05, 0) is 50.3 Å². The van der Waals surface area contributed by atoms with Crippen molar-refractivity contribution in [2.75, 3.05) is 20.3 Å². The molecule has 2 aromatic rings. The summed E-state index contributed by atoms with van der Waals surface area (Å²) in [7, 11) is 1.59. The first-order valence-corrected chi connectivity index (χ1v) is 12.2. The number of halogens is 2. The molecule has 10 heteroatoms. The molecule has 36 heavy (non-hydrogen) atoms. The highest BCUT2D eigenvalue weighted by Gasteiger charge is 2.55. The average Bonchev–Trinajstić information content (AvgIpc) is 2.85. The molecule has 3 N–H and O–H groups in total. The molecule has 0 unspecified atom stereocenters. The molecule has 2 aromatic carbocycles. The van der Waals surface area contributed by atoms with E-state index in [0.29, 0.717) is 44.5 Å². The van der Waals surface area contributed by atoms with Crippen LogP contribution in [0.5, 0.6) is 11.5 Å². The Kier molecular flexibility index (Phi) is 8.02. The molecule has 2 bridgehead atoms. The normalized spacial score (nSPS) is 24.7. The van der Waals surface area contributed by atoms with Crippen molar-refractivity contribution in [3.8, 4) is 11.5 Å². The Morgan fingerprint density at radius 2 is 1.75 bits per heavy atom. The summed E-state index contributed by atoms with van der Waals surface area (Å²) in [6.45, 7) is -0.0915. The number of nitrogens with one attached hydrogen (secondary N) is 2. The van der Waals surface area contributed by atoms with Crippen LogP contribution in [0.15, 0.2) is 42.5 Å². The molecule has 8 nitrogen and oxygen atoms in total. The molecule has 2 amide bonds. The zero-order valence-corrected chi connectivity index (χ0v) is 20.8. The van der Waals surface area contributed by atoms with E-state index in [-0.39, 0.29) is 29.9 Å². The fourth-order valence-corrected chi connectivity index (χ4v) is 5.20. The molecule has 0 aromatic heterocycles. The van der Waals surface area contributed by atoms with Gasteiger partial charge in [0, 0.05) is 24.3 Å². The van der Waals surface area contributed by atoms with Gasteiger partial charge in [-0.25, -0.2) is 4.39 Å². The maximum absolute atomic E-state index is 13.6. The SMILES string of the molecule is COCc1ccccc1OCC(=O)NC12CCC(NC(=O)COc3ccc(Cl)c(F)c3)(CC1)[C@@H](O)C2. The number of para-hydroxylation sites is 1. The van der Waals surface area contributed by atoms with Crippen LogP contribution in [-0.2, 0) is 20.9 Å². The predicted molar refractivity (Wildman–Crippen MR) is 130 cm³/mol. The Hall–Kier alpha value is -2.88. The average molecular weight is 521 g/mol. The fourth-order valence-electron chi connectivity index (χ4n) is 5.09. The predicted octanol–water partition coefficient (Wildman–Crippen LogP) is 3.13. The zero-order valence-electron chi connectivity index (χ0n) is 20.0. The summed E-state index contributed by atoms with van der Waals surface area (Å²) in [4.78, 5) is 25.2. The van der Waals surface area contributed by atoms with Crippen LogP contribution >= 0.6 is 11.6 Å². The van der Waals surface area contributed by atoms with Crippen LogP contribution in [0, 0.1) is 5.82 Å². The quantitative estimate of drug-likeness (QED) is 0.444. The lowest BCUT2D eigenvalue weighted by Gasteiger charge is -2.56. The van der Waals surface area contributed by atoms with Gasteiger partial charge in [0.15, 0.2) is 13.2 Å². The minimum atomic E-state index is -0.833. The number of amides is 2. The Morgan fingerprint density at radius 1 is 1.06 bits per heavy atom. The molecule has 3 aliphatic carbocycles. The van der Waals surface area contributed by atoms with E-state index in [9.17, 15) is 19.1 Å². The molecule has 194 valence electrons. The van der Waals surface area contributed by atoms with Crippen molar-refractivity contribution < 1.29 is 33.3 Å². The van der Waals surface area contributed by atoms with Crippen molar-refractivity contribution in [3.63, 3.8) is 0 Å². The van der Waals surface area contributed by atoms with Gasteiger partial charge in [-0.1, -0.05) is 29.8 Å². The van der Waals surface area contributed by atoms with Crippen LogP contribution in [-0.4, -0.2) is 54.4 Å². The largest absolute Gasteiger partial charge is 0.484 e. The van der Waals surface area contributed by atoms with Crippen molar-refractivity contribution in [2.24, 2.45) is 0 Å². The number of benzene rings is 2. The van der Waals surface area contributed by atoms with Crippen molar-refractivity contribution in [1.82, 2.24) is 10.6 Å². The van der Waals surface area contributed by atoms with Gasteiger partial charge in [0.1, 0.15) is 17.3 Å². The van der Waals surface area contributed by atoms with Crippen molar-refractivity contribution in [1.29, 1.82) is 0 Å². The minimum absolute atomic E-state index is 0.0312. The van der Waals surface area contributed by atoms with Crippen LogP contribution in [0.3, 0.4) is 0 Å². The molecule has 5 rings (SSSR count). The summed E-state index contributed by atoms with van der Waals surface area (Å²) in [5.41, 5.74) is -0.480. The van der Waals surface area contributed by atoms with E-state index in [0.717, 1.165) is 11.6 Å². The maximum atomic E-state index is 13.6. The third-order valence-corrected chi connectivity index (χ3v) is 7.31. The highest BCUT2D eigenvalue weighted by Crippen LogP contribution is 2.47. The summed E-state index contributed by atoms with van der Waals surface area (Å²) < 4.78 is 29.8. The highest BCUT2D eigenvalue weighted by atomic mass is 35.5. The third kappa shape index (κ3) is 5.91. The Balaban J connectivity index is 1.28. The first-order valence-electron chi connectivity index (χ1n) is 11.8. The van der Waals surface area contributed by atoms with Gasteiger partial charge in [0.2, 0.25) is 0 Å². The summed E-state index contributed by atoms with van der Waals surface area (Å²) in [6, 6.07) is 11.3. The molecule has 3 aliphatic rings. The van der Waals surface area contributed by atoms with Crippen LogP contribution in [0.1, 0.15) is 37.7 Å². The van der Waals surface area contributed by atoms with Gasteiger partial charge < -0.3 is 30.0 Å². The van der Waals surface area contributed by atoms with Crippen LogP contribution in [0.2, 0.25) is 5.02 Å². The van der Waals surface area contributed by atoms with E-state index in [2.05, 4.69) is 10.6 Å². The number of hydrogen-bond donors (Lipinski definition) is 3. The molecule has 0 aliphatic heterocycles. The minimum Gasteiger partial charge on any atom is -0.484 e. The van der Waals surface area contributed by atoms with Crippen molar-refractivity contribution in [2.45, 2.75) is 55.9 Å². The second kappa shape index (κ2) is 11.0. The van der Waals surface area contributed by atoms with E-state index in [1.807, 2.05) is 18.2 Å². The zero-order chi connectivity index (χ0) is 25.8. The van der Waals surface area contributed by atoms with E-state index < -0.39 is 28.9 Å². The number of carbonyl (C=O) groups excluding carboxylic acids is 2. The van der Waals surface area contributed by atoms with Gasteiger partial charge in [-0.2, -0.15) is 0 Å². The third-order valence-electron chi connectivity index (χ3n) is 7.01. The van der Waals surface area contributed by atoms with Gasteiger partial charge in [-0.15, -0.1) is 0 Å². The molecule has 3 fully saturated rings. The Morgan fingerprint density at radius 3 is 2.44 bits per heavy atom. The number of ether oxygens (including phenoxy) is 3. The lowest BCUT2D eigenvalue weighted by atomic mass is 9.60. The summed E-state index contributed by atoms with van der Waals surface area (Å²) >= 11 is 5.66. The van der Waals surface area contributed by atoms with Crippen molar-refractivity contribution >= 4 is 23.4 Å². The number of methoxy groups -OCH3 is 1. The number of carbonyl (C=O) groups is 2. The topological polar surface area (TPSA) is 106 Å². The number of fused-ring (bicyclic) bond motifs is 3. The molecular formula is C26H30ClFN2O6. The first kappa shape index (κ1) is 26.2. The van der Waals surface area contributed by atoms with Gasteiger partial charge in [-0.3, -0.25) is 9.59 Å². The molecular weight excluding hydrogens is 491 g/mol. The molecule has 1 atom stereocenters. The lowest BCUT2D eigenvalue weighted by molar-refractivity contribution is -0.137. The number of rotatable bonds is 10. The number of aliphatic hydroxyl groups excluding tert-OH is 1. The molecule has 0 heterocycles. The molecule has 3 saturated carbocycles.